The van der Waals surface area contributed by atoms with E-state index in [4.69, 9.17) is 0 Å². The zero-order valence-corrected chi connectivity index (χ0v) is 17.2. The van der Waals surface area contributed by atoms with Crippen molar-refractivity contribution >= 4 is 35.3 Å². The lowest BCUT2D eigenvalue weighted by Crippen LogP contribution is -3.15. The Kier molecular flexibility index (Phi) is 7.43. The van der Waals surface area contributed by atoms with E-state index in [-0.39, 0.29) is 17.6 Å². The van der Waals surface area contributed by atoms with Crippen LogP contribution in [0.1, 0.15) is 5.56 Å². The number of anilines is 1. The molecule has 2 aromatic rings. The van der Waals surface area contributed by atoms with Gasteiger partial charge in [-0.2, -0.15) is 0 Å². The molecule has 2 amide bonds. The number of carbonyl (C=O) groups is 2. The standard InChI is InChI=1S/C22H24FN3O2S/c1-29-20-8-5-17(6-9-20)7-10-22(28)26-13-11-25(12-14-26)16-21(27)24-19-4-2-3-18(23)15-19/h2-10,15H,11-14,16H2,1H3,(H,24,27)/p+1/b10-7+. The number of piperazine rings is 1. The lowest BCUT2D eigenvalue weighted by atomic mass is 10.2. The first-order valence-corrected chi connectivity index (χ1v) is 10.8. The number of nitrogens with zero attached hydrogens (tertiary/aromatic N) is 1. The summed E-state index contributed by atoms with van der Waals surface area (Å²) in [5.74, 6) is -0.545. The molecule has 0 atom stereocenters. The number of thioether (sulfide) groups is 1. The molecule has 5 nitrogen and oxygen atoms in total. The number of amides is 2. The number of halogens is 1. The largest absolute Gasteiger partial charge is 0.328 e. The number of benzene rings is 2. The summed E-state index contributed by atoms with van der Waals surface area (Å²) in [6.07, 6.45) is 5.47. The van der Waals surface area contributed by atoms with Crippen molar-refractivity contribution in [2.75, 3.05) is 44.3 Å². The predicted octanol–water partition coefficient (Wildman–Crippen LogP) is 1.93. The predicted molar refractivity (Wildman–Crippen MR) is 114 cm³/mol. The van der Waals surface area contributed by atoms with Crippen molar-refractivity contribution in [1.82, 2.24) is 4.90 Å². The highest BCUT2D eigenvalue weighted by Crippen LogP contribution is 2.15. The average Bonchev–Trinajstić information content (AvgIpc) is 2.73. The fraction of sp³-hybridized carbons (Fsp3) is 0.273. The van der Waals surface area contributed by atoms with Crippen LogP contribution in [0.15, 0.2) is 59.5 Å². The first-order chi connectivity index (χ1) is 14.0. The SMILES string of the molecule is CSc1ccc(/C=C/C(=O)N2CC[NH+](CC(=O)Nc3cccc(F)c3)CC2)cc1. The van der Waals surface area contributed by atoms with Crippen molar-refractivity contribution in [2.45, 2.75) is 4.90 Å². The summed E-state index contributed by atoms with van der Waals surface area (Å²) >= 11 is 1.68. The monoisotopic (exact) mass is 414 g/mol. The zero-order chi connectivity index (χ0) is 20.6. The van der Waals surface area contributed by atoms with Gasteiger partial charge in [-0.05, 0) is 48.2 Å². The van der Waals surface area contributed by atoms with E-state index in [1.54, 1.807) is 34.9 Å². The van der Waals surface area contributed by atoms with Crippen molar-refractivity contribution in [3.8, 4) is 0 Å². The maximum atomic E-state index is 13.2. The molecule has 2 aromatic carbocycles. The summed E-state index contributed by atoms with van der Waals surface area (Å²) < 4.78 is 13.2. The molecule has 1 saturated heterocycles. The molecule has 0 saturated carbocycles. The van der Waals surface area contributed by atoms with Gasteiger partial charge in [0.1, 0.15) is 5.82 Å². The van der Waals surface area contributed by atoms with Crippen molar-refractivity contribution in [1.29, 1.82) is 0 Å². The second kappa shape index (κ2) is 10.2. The van der Waals surface area contributed by atoms with Crippen molar-refractivity contribution in [3.63, 3.8) is 0 Å². The highest BCUT2D eigenvalue weighted by atomic mass is 32.2. The van der Waals surface area contributed by atoms with E-state index in [0.29, 0.717) is 38.4 Å². The van der Waals surface area contributed by atoms with E-state index in [2.05, 4.69) is 5.32 Å². The van der Waals surface area contributed by atoms with E-state index in [0.717, 1.165) is 10.5 Å². The number of rotatable bonds is 6. The molecule has 2 N–H and O–H groups in total. The Bertz CT molecular complexity index is 878. The average molecular weight is 415 g/mol. The van der Waals surface area contributed by atoms with Gasteiger partial charge >= 0.3 is 0 Å². The summed E-state index contributed by atoms with van der Waals surface area (Å²) in [5, 5.41) is 2.72. The van der Waals surface area contributed by atoms with Gasteiger partial charge in [0.15, 0.2) is 6.54 Å². The van der Waals surface area contributed by atoms with Crippen LogP contribution in [0.25, 0.3) is 6.08 Å². The lowest BCUT2D eigenvalue weighted by Gasteiger charge is -2.31. The van der Waals surface area contributed by atoms with Crippen molar-refractivity contribution in [3.05, 3.63) is 66.0 Å². The topological polar surface area (TPSA) is 53.9 Å². The molecule has 1 aliphatic rings. The summed E-state index contributed by atoms with van der Waals surface area (Å²) in [6, 6.07) is 13.9. The first-order valence-electron chi connectivity index (χ1n) is 9.53. The molecule has 7 heteroatoms. The summed E-state index contributed by atoms with van der Waals surface area (Å²) in [4.78, 5) is 28.7. The van der Waals surface area contributed by atoms with Crippen LogP contribution >= 0.6 is 11.8 Å². The van der Waals surface area contributed by atoms with E-state index < -0.39 is 0 Å². The fourth-order valence-electron chi connectivity index (χ4n) is 3.21. The summed E-state index contributed by atoms with van der Waals surface area (Å²) in [5.41, 5.74) is 1.45. The van der Waals surface area contributed by atoms with Crippen LogP contribution < -0.4 is 10.2 Å². The van der Waals surface area contributed by atoms with Gasteiger partial charge in [-0.15, -0.1) is 11.8 Å². The maximum Gasteiger partial charge on any atom is 0.279 e. The van der Waals surface area contributed by atoms with Gasteiger partial charge in [-0.3, -0.25) is 9.59 Å². The zero-order valence-electron chi connectivity index (χ0n) is 16.4. The second-order valence-electron chi connectivity index (χ2n) is 6.92. The highest BCUT2D eigenvalue weighted by molar-refractivity contribution is 7.98. The normalized spacial score (nSPS) is 14.9. The molecular weight excluding hydrogens is 389 g/mol. The number of quaternary nitrogens is 1. The fourth-order valence-corrected chi connectivity index (χ4v) is 3.61. The minimum Gasteiger partial charge on any atom is -0.328 e. The van der Waals surface area contributed by atoms with Crippen LogP contribution in [0.5, 0.6) is 0 Å². The molecule has 0 aliphatic carbocycles. The highest BCUT2D eigenvalue weighted by Gasteiger charge is 2.24. The third-order valence-corrected chi connectivity index (χ3v) is 5.58. The Morgan fingerprint density at radius 2 is 1.90 bits per heavy atom. The lowest BCUT2D eigenvalue weighted by molar-refractivity contribution is -0.895. The maximum absolute atomic E-state index is 13.2. The van der Waals surface area contributed by atoms with Crippen LogP contribution in [-0.4, -0.2) is 55.7 Å². The molecule has 0 radical (unpaired) electrons. The Morgan fingerprint density at radius 1 is 1.17 bits per heavy atom. The molecule has 0 spiro atoms. The van der Waals surface area contributed by atoms with Crippen LogP contribution in [-0.2, 0) is 9.59 Å². The Balaban J connectivity index is 1.43. The smallest absolute Gasteiger partial charge is 0.279 e. The van der Waals surface area contributed by atoms with Crippen molar-refractivity contribution in [2.24, 2.45) is 0 Å². The summed E-state index contributed by atoms with van der Waals surface area (Å²) in [6.45, 7) is 2.93. The number of hydrogen-bond donors (Lipinski definition) is 2. The quantitative estimate of drug-likeness (QED) is 0.561. The van der Waals surface area contributed by atoms with Crippen molar-refractivity contribution < 1.29 is 18.9 Å². The van der Waals surface area contributed by atoms with Gasteiger partial charge in [-0.1, -0.05) is 18.2 Å². The minimum atomic E-state index is -0.379. The number of hydrogen-bond acceptors (Lipinski definition) is 3. The van der Waals surface area contributed by atoms with Crippen LogP contribution in [0.3, 0.4) is 0 Å². The molecule has 3 rings (SSSR count). The molecule has 1 fully saturated rings. The van der Waals surface area contributed by atoms with Crippen LogP contribution in [0.4, 0.5) is 10.1 Å². The van der Waals surface area contributed by atoms with E-state index in [9.17, 15) is 14.0 Å². The van der Waals surface area contributed by atoms with E-state index in [1.165, 1.54) is 17.0 Å². The minimum absolute atomic E-state index is 0.0118. The van der Waals surface area contributed by atoms with Gasteiger partial charge in [0.2, 0.25) is 5.91 Å². The number of carbonyl (C=O) groups excluding carboxylic acids is 2. The third-order valence-electron chi connectivity index (χ3n) is 4.84. The Hall–Kier alpha value is -2.64. The van der Waals surface area contributed by atoms with Crippen LogP contribution in [0.2, 0.25) is 0 Å². The van der Waals surface area contributed by atoms with Gasteiger partial charge in [0.25, 0.3) is 5.91 Å². The molecule has 152 valence electrons. The molecular formula is C22H25FN3O2S+. The van der Waals surface area contributed by atoms with Crippen LogP contribution in [0, 0.1) is 5.82 Å². The molecule has 0 aromatic heterocycles. The molecule has 0 bridgehead atoms. The molecule has 1 aliphatic heterocycles. The third kappa shape index (κ3) is 6.44. The summed E-state index contributed by atoms with van der Waals surface area (Å²) in [7, 11) is 0. The van der Waals surface area contributed by atoms with Gasteiger partial charge in [0.05, 0.1) is 26.2 Å². The van der Waals surface area contributed by atoms with Gasteiger partial charge in [-0.25, -0.2) is 4.39 Å². The second-order valence-corrected chi connectivity index (χ2v) is 7.80. The Morgan fingerprint density at radius 3 is 2.55 bits per heavy atom. The van der Waals surface area contributed by atoms with E-state index in [1.807, 2.05) is 36.6 Å². The first kappa shape index (κ1) is 21.1. The van der Waals surface area contributed by atoms with Gasteiger partial charge < -0.3 is 15.1 Å². The molecule has 0 unspecified atom stereocenters. The van der Waals surface area contributed by atoms with E-state index >= 15 is 0 Å². The number of nitrogens with one attached hydrogen (secondary N) is 2. The molecule has 1 heterocycles. The van der Waals surface area contributed by atoms with Gasteiger partial charge in [0, 0.05) is 16.7 Å². The molecule has 29 heavy (non-hydrogen) atoms. The Labute approximate surface area is 174 Å².